The minimum absolute atomic E-state index is 0.0129. The molecule has 3 fully saturated rings. The van der Waals surface area contributed by atoms with Gasteiger partial charge in [0.05, 0.1) is 21.7 Å². The summed E-state index contributed by atoms with van der Waals surface area (Å²) in [5.74, 6) is 0.672. The molecule has 2 aromatic carbocycles. The summed E-state index contributed by atoms with van der Waals surface area (Å²) in [6, 6.07) is 12.7. The fraction of sp³-hybridized carbons (Fsp3) is 0.500. The fourth-order valence-corrected chi connectivity index (χ4v) is 8.28. The molecule has 1 atom stereocenters. The highest BCUT2D eigenvalue weighted by Crippen LogP contribution is 2.34. The van der Waals surface area contributed by atoms with E-state index in [4.69, 9.17) is 5.73 Å². The van der Waals surface area contributed by atoms with Crippen molar-refractivity contribution in [1.82, 2.24) is 24.3 Å². The van der Waals surface area contributed by atoms with E-state index in [1.54, 1.807) is 16.8 Å². The molecule has 3 saturated heterocycles. The van der Waals surface area contributed by atoms with Gasteiger partial charge >= 0.3 is 6.03 Å². The SMILES string of the molecule is C[C@H](CN1CCC(c2ccc3c(N4CCC(=O)NC4=O)nn(C)c3c2)CC1)Nc1cc(S(=O)(=O)N2CCC(N)CC2)ccc1C#N. The fourth-order valence-electron chi connectivity index (χ4n) is 6.79. The monoisotopic (exact) mass is 647 g/mol. The maximum absolute atomic E-state index is 13.3. The van der Waals surface area contributed by atoms with E-state index in [0.29, 0.717) is 55.5 Å². The topological polar surface area (TPSA) is 170 Å². The summed E-state index contributed by atoms with van der Waals surface area (Å²) in [7, 11) is -1.81. The summed E-state index contributed by atoms with van der Waals surface area (Å²) >= 11 is 0. The van der Waals surface area contributed by atoms with Crippen LogP contribution in [0.25, 0.3) is 10.9 Å². The highest BCUT2D eigenvalue weighted by Gasteiger charge is 2.30. The normalized spacial score (nSPS) is 20.1. The van der Waals surface area contributed by atoms with Crippen molar-refractivity contribution < 1.29 is 18.0 Å². The molecule has 6 rings (SSSR count). The maximum atomic E-state index is 13.3. The maximum Gasteiger partial charge on any atom is 0.329 e. The zero-order valence-corrected chi connectivity index (χ0v) is 27.1. The molecular formula is C32H41N9O4S. The molecule has 3 amide bonds. The third kappa shape index (κ3) is 6.46. The van der Waals surface area contributed by atoms with Crippen molar-refractivity contribution >= 4 is 44.4 Å². The van der Waals surface area contributed by atoms with Gasteiger partial charge in [-0.3, -0.25) is 19.7 Å². The molecule has 13 nitrogen and oxygen atoms in total. The van der Waals surface area contributed by atoms with Gasteiger partial charge < -0.3 is 16.0 Å². The van der Waals surface area contributed by atoms with E-state index in [1.165, 1.54) is 20.8 Å². The Morgan fingerprint density at radius 1 is 1.07 bits per heavy atom. The average Bonchev–Trinajstić information content (AvgIpc) is 3.36. The number of benzene rings is 2. The smallest absolute Gasteiger partial charge is 0.329 e. The zero-order chi connectivity index (χ0) is 32.6. The van der Waals surface area contributed by atoms with Gasteiger partial charge in [0.1, 0.15) is 6.07 Å². The average molecular weight is 648 g/mol. The third-order valence-electron chi connectivity index (χ3n) is 9.41. The van der Waals surface area contributed by atoms with E-state index in [-0.39, 0.29) is 29.3 Å². The Kier molecular flexibility index (Phi) is 9.02. The molecule has 0 spiro atoms. The number of aryl methyl sites for hydroxylation is 1. The number of fused-ring (bicyclic) bond motifs is 1. The van der Waals surface area contributed by atoms with Crippen LogP contribution in [-0.4, -0.2) is 90.7 Å². The Balaban J connectivity index is 1.07. The summed E-state index contributed by atoms with van der Waals surface area (Å²) in [5.41, 5.74) is 9.09. The van der Waals surface area contributed by atoms with E-state index < -0.39 is 16.1 Å². The number of carbonyl (C=O) groups excluding carboxylic acids is 2. The number of piperidine rings is 2. The van der Waals surface area contributed by atoms with Crippen LogP contribution in [0.3, 0.4) is 0 Å². The number of anilines is 2. The molecule has 14 heteroatoms. The predicted octanol–water partition coefficient (Wildman–Crippen LogP) is 2.68. The summed E-state index contributed by atoms with van der Waals surface area (Å²) in [5, 5.41) is 21.0. The molecule has 3 aromatic rings. The molecule has 4 N–H and O–H groups in total. The van der Waals surface area contributed by atoms with Crippen LogP contribution >= 0.6 is 0 Å². The number of sulfonamides is 1. The molecule has 244 valence electrons. The van der Waals surface area contributed by atoms with E-state index in [2.05, 4.69) is 38.8 Å². The van der Waals surface area contributed by atoms with Crippen molar-refractivity contribution in [2.24, 2.45) is 12.8 Å². The van der Waals surface area contributed by atoms with E-state index >= 15 is 0 Å². The Morgan fingerprint density at radius 2 is 1.80 bits per heavy atom. The van der Waals surface area contributed by atoms with E-state index in [9.17, 15) is 23.3 Å². The van der Waals surface area contributed by atoms with Crippen molar-refractivity contribution in [2.75, 3.05) is 49.5 Å². The molecule has 0 radical (unpaired) electrons. The molecule has 0 saturated carbocycles. The highest BCUT2D eigenvalue weighted by atomic mass is 32.2. The number of nitriles is 1. The van der Waals surface area contributed by atoms with Gasteiger partial charge in [0, 0.05) is 57.1 Å². The first kappa shape index (κ1) is 31.9. The number of nitrogens with one attached hydrogen (secondary N) is 2. The van der Waals surface area contributed by atoms with Crippen LogP contribution in [0.1, 0.15) is 56.1 Å². The summed E-state index contributed by atoms with van der Waals surface area (Å²) in [4.78, 5) is 28.1. The number of carbonyl (C=O) groups is 2. The first-order valence-electron chi connectivity index (χ1n) is 15.9. The molecule has 3 aliphatic rings. The Hall–Kier alpha value is -4.03. The van der Waals surface area contributed by atoms with Crippen LogP contribution in [0.4, 0.5) is 16.3 Å². The second-order valence-corrected chi connectivity index (χ2v) is 14.6. The molecule has 3 aliphatic heterocycles. The van der Waals surface area contributed by atoms with Crippen LogP contribution in [-0.2, 0) is 21.9 Å². The van der Waals surface area contributed by atoms with Crippen LogP contribution < -0.4 is 21.3 Å². The van der Waals surface area contributed by atoms with Gasteiger partial charge in [-0.2, -0.15) is 14.7 Å². The molecule has 1 aromatic heterocycles. The second kappa shape index (κ2) is 13.0. The number of amides is 3. The van der Waals surface area contributed by atoms with Crippen molar-refractivity contribution in [2.45, 2.75) is 61.9 Å². The minimum Gasteiger partial charge on any atom is -0.380 e. The van der Waals surface area contributed by atoms with Gasteiger partial charge in [-0.1, -0.05) is 6.07 Å². The number of nitrogens with zero attached hydrogens (tertiary/aromatic N) is 6. The number of nitrogens with two attached hydrogens (primary N) is 1. The highest BCUT2D eigenvalue weighted by molar-refractivity contribution is 7.89. The van der Waals surface area contributed by atoms with E-state index in [1.807, 2.05) is 20.0 Å². The number of hydrogen-bond donors (Lipinski definition) is 3. The molecule has 46 heavy (non-hydrogen) atoms. The zero-order valence-electron chi connectivity index (χ0n) is 26.3. The van der Waals surface area contributed by atoms with Crippen molar-refractivity contribution in [1.29, 1.82) is 5.26 Å². The molecular weight excluding hydrogens is 606 g/mol. The van der Waals surface area contributed by atoms with Gasteiger partial charge in [-0.25, -0.2) is 13.2 Å². The molecule has 0 bridgehead atoms. The van der Waals surface area contributed by atoms with Crippen LogP contribution in [0.15, 0.2) is 41.3 Å². The Morgan fingerprint density at radius 3 is 2.50 bits per heavy atom. The van der Waals surface area contributed by atoms with Crippen LogP contribution in [0.5, 0.6) is 0 Å². The lowest BCUT2D eigenvalue weighted by atomic mass is 9.89. The molecule has 0 unspecified atom stereocenters. The van der Waals surface area contributed by atoms with E-state index in [0.717, 1.165) is 43.4 Å². The number of urea groups is 1. The lowest BCUT2D eigenvalue weighted by Gasteiger charge is -2.34. The second-order valence-electron chi connectivity index (χ2n) is 12.7. The lowest BCUT2D eigenvalue weighted by Crippen LogP contribution is -2.49. The number of imide groups is 1. The standard InChI is InChI=1S/C32H41N9O4S/c1-21(35-28-18-26(5-3-24(28)19-33)46(44,45)40-14-9-25(34)10-15-40)20-39-12-7-22(8-13-39)23-4-6-27-29(17-23)38(2)37-31(27)41-16-11-30(42)36-32(41)43/h3-6,17-18,21-22,25,35H,7-16,20,34H2,1-2H3,(H,36,42,43)/t21-/m1/s1. The first-order chi connectivity index (χ1) is 22.0. The predicted molar refractivity (Wildman–Crippen MR) is 175 cm³/mol. The number of hydrogen-bond acceptors (Lipinski definition) is 9. The van der Waals surface area contributed by atoms with Gasteiger partial charge in [-0.05, 0) is 87.5 Å². The first-order valence-corrected chi connectivity index (χ1v) is 17.3. The number of rotatable bonds is 8. The number of aromatic nitrogens is 2. The number of likely N-dealkylation sites (tertiary alicyclic amines) is 1. The Labute approximate surface area is 269 Å². The van der Waals surface area contributed by atoms with Crippen molar-refractivity contribution in [3.8, 4) is 6.07 Å². The van der Waals surface area contributed by atoms with Crippen LogP contribution in [0.2, 0.25) is 0 Å². The molecule has 4 heterocycles. The largest absolute Gasteiger partial charge is 0.380 e. The molecule has 0 aliphatic carbocycles. The Bertz CT molecular complexity index is 1780. The third-order valence-corrected chi connectivity index (χ3v) is 11.3. The summed E-state index contributed by atoms with van der Waals surface area (Å²) in [6.45, 7) is 5.72. The van der Waals surface area contributed by atoms with Gasteiger partial charge in [0.15, 0.2) is 5.82 Å². The lowest BCUT2D eigenvalue weighted by molar-refractivity contribution is -0.120. The summed E-state index contributed by atoms with van der Waals surface area (Å²) < 4.78 is 29.9. The van der Waals surface area contributed by atoms with Gasteiger partial charge in [-0.15, -0.1) is 0 Å². The van der Waals surface area contributed by atoms with Gasteiger partial charge in [0.25, 0.3) is 0 Å². The van der Waals surface area contributed by atoms with Gasteiger partial charge in [0.2, 0.25) is 15.9 Å². The minimum atomic E-state index is -3.67. The van der Waals surface area contributed by atoms with Crippen molar-refractivity contribution in [3.63, 3.8) is 0 Å². The summed E-state index contributed by atoms with van der Waals surface area (Å²) in [6.07, 6.45) is 3.48. The van der Waals surface area contributed by atoms with Crippen molar-refractivity contribution in [3.05, 3.63) is 47.5 Å². The van der Waals surface area contributed by atoms with Crippen LogP contribution in [0, 0.1) is 11.3 Å². The quantitative estimate of drug-likeness (QED) is 0.333.